The molecule has 1 fully saturated rings. The van der Waals surface area contributed by atoms with E-state index in [4.69, 9.17) is 4.74 Å². The molecular formula is C27H28FNO4. The molecule has 5 nitrogen and oxygen atoms in total. The monoisotopic (exact) mass is 449 g/mol. The summed E-state index contributed by atoms with van der Waals surface area (Å²) in [6, 6.07) is 20.2. The van der Waals surface area contributed by atoms with Gasteiger partial charge in [-0.25, -0.2) is 4.39 Å². The number of halogens is 1. The summed E-state index contributed by atoms with van der Waals surface area (Å²) in [4.78, 5) is 14.9. The topological polar surface area (TPSA) is 70.0 Å². The third-order valence-corrected chi connectivity index (χ3v) is 6.33. The fraction of sp³-hybridized carbons (Fsp3) is 0.296. The second-order valence-corrected chi connectivity index (χ2v) is 8.43. The van der Waals surface area contributed by atoms with Gasteiger partial charge in [-0.15, -0.1) is 0 Å². The summed E-state index contributed by atoms with van der Waals surface area (Å²) in [5.74, 6) is 0.276. The molecule has 0 spiro atoms. The summed E-state index contributed by atoms with van der Waals surface area (Å²) in [5, 5.41) is 21.2. The molecule has 0 saturated carbocycles. The number of amides is 1. The molecule has 0 bridgehead atoms. The van der Waals surface area contributed by atoms with Crippen LogP contribution in [0.2, 0.25) is 0 Å². The number of para-hydroxylation sites is 1. The largest absolute Gasteiger partial charge is 0.507 e. The maximum Gasteiger partial charge on any atom is 0.227 e. The molecule has 1 aliphatic heterocycles. The molecule has 1 heterocycles. The molecule has 0 aromatic heterocycles. The molecule has 4 rings (SSSR count). The fourth-order valence-corrected chi connectivity index (χ4v) is 4.67. The van der Waals surface area contributed by atoms with Gasteiger partial charge in [-0.3, -0.25) is 4.79 Å². The number of aliphatic hydroxyl groups excluding tert-OH is 1. The van der Waals surface area contributed by atoms with Crippen molar-refractivity contribution in [2.75, 3.05) is 12.0 Å². The van der Waals surface area contributed by atoms with Gasteiger partial charge in [0.1, 0.15) is 17.3 Å². The second kappa shape index (κ2) is 10.0. The van der Waals surface area contributed by atoms with Crippen molar-refractivity contribution >= 4 is 11.6 Å². The van der Waals surface area contributed by atoms with Crippen LogP contribution in [-0.2, 0) is 4.79 Å². The Morgan fingerprint density at radius 3 is 2.48 bits per heavy atom. The van der Waals surface area contributed by atoms with E-state index in [1.54, 1.807) is 36.3 Å². The number of nitrogens with zero attached hydrogens (tertiary/aromatic N) is 1. The first kappa shape index (κ1) is 22.8. The van der Waals surface area contributed by atoms with Gasteiger partial charge in [0.2, 0.25) is 5.91 Å². The smallest absolute Gasteiger partial charge is 0.227 e. The lowest BCUT2D eigenvalue weighted by Crippen LogP contribution is -2.28. The maximum atomic E-state index is 13.2. The molecule has 33 heavy (non-hydrogen) atoms. The van der Waals surface area contributed by atoms with E-state index in [9.17, 15) is 19.4 Å². The first-order valence-electron chi connectivity index (χ1n) is 11.2. The van der Waals surface area contributed by atoms with Crippen LogP contribution in [0, 0.1) is 11.7 Å². The quantitative estimate of drug-likeness (QED) is 0.474. The Balaban J connectivity index is 1.55. The van der Waals surface area contributed by atoms with Crippen molar-refractivity contribution in [2.45, 2.75) is 37.8 Å². The number of aliphatic hydroxyl groups is 1. The number of ether oxygens (including phenoxy) is 1. The molecule has 3 aromatic carbocycles. The van der Waals surface area contributed by atoms with Gasteiger partial charge in [-0.2, -0.15) is 0 Å². The third-order valence-electron chi connectivity index (χ3n) is 6.33. The Morgan fingerprint density at radius 1 is 1.09 bits per heavy atom. The zero-order valence-corrected chi connectivity index (χ0v) is 18.5. The number of carbonyl (C=O) groups is 1. The van der Waals surface area contributed by atoms with E-state index in [-0.39, 0.29) is 29.4 Å². The second-order valence-electron chi connectivity index (χ2n) is 8.43. The lowest BCUT2D eigenvalue weighted by molar-refractivity contribution is -0.117. The number of anilines is 1. The molecule has 2 N–H and O–H groups in total. The Hall–Kier alpha value is -3.38. The molecule has 0 radical (unpaired) electrons. The predicted molar refractivity (Wildman–Crippen MR) is 125 cm³/mol. The number of methoxy groups -OCH3 is 1. The molecule has 0 aliphatic carbocycles. The average Bonchev–Trinajstić information content (AvgIpc) is 3.15. The lowest BCUT2D eigenvalue weighted by atomic mass is 9.88. The lowest BCUT2D eigenvalue weighted by Gasteiger charge is -2.29. The number of hydrogen-bond donors (Lipinski definition) is 2. The van der Waals surface area contributed by atoms with Crippen LogP contribution in [0.15, 0.2) is 72.8 Å². The summed E-state index contributed by atoms with van der Waals surface area (Å²) >= 11 is 0. The SMILES string of the molecule is COc1ccc([C@@H]2[C@@H](CCC[C@@H](O)c3ccc(F)cc3)CC(=O)N2c2ccccc2)c(O)c1. The maximum absolute atomic E-state index is 13.2. The minimum atomic E-state index is -0.694. The fourth-order valence-electron chi connectivity index (χ4n) is 4.67. The van der Waals surface area contributed by atoms with E-state index in [0.29, 0.717) is 42.6 Å². The number of hydrogen-bond acceptors (Lipinski definition) is 4. The van der Waals surface area contributed by atoms with Gasteiger partial charge in [0.05, 0.1) is 19.3 Å². The minimum Gasteiger partial charge on any atom is -0.507 e. The van der Waals surface area contributed by atoms with Crippen molar-refractivity contribution in [3.8, 4) is 11.5 Å². The van der Waals surface area contributed by atoms with Crippen LogP contribution in [0.5, 0.6) is 11.5 Å². The van der Waals surface area contributed by atoms with Gasteiger partial charge in [-0.1, -0.05) is 36.8 Å². The van der Waals surface area contributed by atoms with Crippen LogP contribution in [0.1, 0.15) is 49.0 Å². The van der Waals surface area contributed by atoms with Gasteiger partial charge in [0.15, 0.2) is 0 Å². The number of rotatable bonds is 8. The van der Waals surface area contributed by atoms with Crippen molar-refractivity contribution in [3.63, 3.8) is 0 Å². The van der Waals surface area contributed by atoms with E-state index in [2.05, 4.69) is 0 Å². The highest BCUT2D eigenvalue weighted by Crippen LogP contribution is 2.46. The highest BCUT2D eigenvalue weighted by molar-refractivity contribution is 5.97. The standard InChI is InChI=1S/C27H28FNO4/c1-33-22-14-15-23(25(31)17-22)27-19(16-26(32)29(27)21-7-3-2-4-8-21)6-5-9-24(30)18-10-12-20(28)13-11-18/h2-4,7-8,10-15,17,19,24,27,30-31H,5-6,9,16H2,1H3/t19-,24+,27-/m0/s1. The van der Waals surface area contributed by atoms with Crippen LogP contribution < -0.4 is 9.64 Å². The van der Waals surface area contributed by atoms with E-state index < -0.39 is 6.10 Å². The molecule has 3 atom stereocenters. The number of phenols is 1. The summed E-state index contributed by atoms with van der Waals surface area (Å²) in [5.41, 5.74) is 2.14. The normalized spacial score (nSPS) is 19.0. The van der Waals surface area contributed by atoms with Crippen molar-refractivity contribution in [3.05, 3.63) is 89.7 Å². The number of benzene rings is 3. The van der Waals surface area contributed by atoms with Crippen LogP contribution in [0.3, 0.4) is 0 Å². The number of phenolic OH excluding ortho intramolecular Hbond substituents is 1. The van der Waals surface area contributed by atoms with Crippen LogP contribution in [0.25, 0.3) is 0 Å². The molecule has 3 aromatic rings. The third kappa shape index (κ3) is 5.01. The minimum absolute atomic E-state index is 0.00509. The first-order valence-corrected chi connectivity index (χ1v) is 11.2. The van der Waals surface area contributed by atoms with Gasteiger partial charge in [-0.05, 0) is 60.7 Å². The van der Waals surface area contributed by atoms with Crippen LogP contribution in [0.4, 0.5) is 10.1 Å². The zero-order chi connectivity index (χ0) is 23.4. The van der Waals surface area contributed by atoms with Gasteiger partial charge in [0.25, 0.3) is 0 Å². The number of aromatic hydroxyl groups is 1. The molecule has 0 unspecified atom stereocenters. The van der Waals surface area contributed by atoms with Crippen molar-refractivity contribution in [2.24, 2.45) is 5.92 Å². The van der Waals surface area contributed by atoms with Crippen LogP contribution >= 0.6 is 0 Å². The Morgan fingerprint density at radius 2 is 1.82 bits per heavy atom. The first-order chi connectivity index (χ1) is 16.0. The Labute approximate surface area is 193 Å². The average molecular weight is 450 g/mol. The molecule has 172 valence electrons. The molecule has 6 heteroatoms. The summed E-state index contributed by atoms with van der Waals surface area (Å²) in [6.07, 6.45) is 1.55. The number of carbonyl (C=O) groups excluding carboxylic acids is 1. The Bertz CT molecular complexity index is 1090. The Kier molecular flexibility index (Phi) is 6.94. The van der Waals surface area contributed by atoms with Crippen LogP contribution in [-0.4, -0.2) is 23.2 Å². The van der Waals surface area contributed by atoms with E-state index in [1.165, 1.54) is 12.1 Å². The summed E-state index contributed by atoms with van der Waals surface area (Å²) in [7, 11) is 1.54. The summed E-state index contributed by atoms with van der Waals surface area (Å²) in [6.45, 7) is 0. The highest BCUT2D eigenvalue weighted by Gasteiger charge is 2.42. The van der Waals surface area contributed by atoms with Gasteiger partial charge in [0, 0.05) is 23.7 Å². The highest BCUT2D eigenvalue weighted by atomic mass is 19.1. The van der Waals surface area contributed by atoms with E-state index >= 15 is 0 Å². The molecule has 1 aliphatic rings. The van der Waals surface area contributed by atoms with E-state index in [1.807, 2.05) is 36.4 Å². The van der Waals surface area contributed by atoms with E-state index in [0.717, 1.165) is 5.69 Å². The van der Waals surface area contributed by atoms with Crippen molar-refractivity contribution in [1.82, 2.24) is 0 Å². The van der Waals surface area contributed by atoms with Crippen molar-refractivity contribution in [1.29, 1.82) is 0 Å². The predicted octanol–water partition coefficient (Wildman–Crippen LogP) is 5.54. The summed E-state index contributed by atoms with van der Waals surface area (Å²) < 4.78 is 18.4. The zero-order valence-electron chi connectivity index (χ0n) is 18.5. The molecular weight excluding hydrogens is 421 g/mol. The van der Waals surface area contributed by atoms with Gasteiger partial charge < -0.3 is 19.8 Å². The molecule has 1 amide bonds. The van der Waals surface area contributed by atoms with Gasteiger partial charge >= 0.3 is 0 Å². The van der Waals surface area contributed by atoms with Crippen molar-refractivity contribution < 1.29 is 24.1 Å². The molecule has 1 saturated heterocycles.